The Morgan fingerprint density at radius 3 is 2.42 bits per heavy atom. The Morgan fingerprint density at radius 1 is 1.04 bits per heavy atom. The smallest absolute Gasteiger partial charge is 0.301 e. The van der Waals surface area contributed by atoms with Gasteiger partial charge in [0.2, 0.25) is 0 Å². The molecule has 24 heavy (non-hydrogen) atoms. The standard InChI is InChI=1S/C17H11Cl2NO4/c1-24-13-5-3-2-4-12(13)20-16(22)14(15(21)17(20)23)10-7-6-9(18)8-11(10)19/h2-8,21H,1H3. The van der Waals surface area contributed by atoms with E-state index in [4.69, 9.17) is 27.9 Å². The van der Waals surface area contributed by atoms with Gasteiger partial charge in [-0.25, -0.2) is 4.90 Å². The summed E-state index contributed by atoms with van der Waals surface area (Å²) in [7, 11) is 1.42. The summed E-state index contributed by atoms with van der Waals surface area (Å²) in [6.07, 6.45) is 0. The summed E-state index contributed by atoms with van der Waals surface area (Å²) in [5, 5.41) is 10.7. The Bertz CT molecular complexity index is 892. The highest BCUT2D eigenvalue weighted by atomic mass is 35.5. The maximum atomic E-state index is 12.8. The first-order chi connectivity index (χ1) is 11.5. The number of aliphatic hydroxyl groups is 1. The van der Waals surface area contributed by atoms with Crippen molar-refractivity contribution in [3.8, 4) is 5.75 Å². The number of hydrogen-bond donors (Lipinski definition) is 1. The van der Waals surface area contributed by atoms with Gasteiger partial charge in [-0.05, 0) is 24.3 Å². The fraction of sp³-hybridized carbons (Fsp3) is 0.0588. The van der Waals surface area contributed by atoms with Gasteiger partial charge in [-0.2, -0.15) is 0 Å². The van der Waals surface area contributed by atoms with E-state index in [-0.39, 0.29) is 21.8 Å². The van der Waals surface area contributed by atoms with Crippen LogP contribution in [0, 0.1) is 0 Å². The van der Waals surface area contributed by atoms with E-state index < -0.39 is 17.6 Å². The molecule has 0 aliphatic carbocycles. The SMILES string of the molecule is COc1ccccc1N1C(=O)C(O)=C(c2ccc(Cl)cc2Cl)C1=O. The molecule has 1 heterocycles. The van der Waals surface area contributed by atoms with Gasteiger partial charge >= 0.3 is 5.91 Å². The summed E-state index contributed by atoms with van der Waals surface area (Å²) in [4.78, 5) is 26.0. The Hall–Kier alpha value is -2.50. The molecule has 2 aromatic carbocycles. The van der Waals surface area contributed by atoms with Crippen molar-refractivity contribution in [1.82, 2.24) is 0 Å². The van der Waals surface area contributed by atoms with Crippen molar-refractivity contribution >= 4 is 46.3 Å². The number of amides is 2. The van der Waals surface area contributed by atoms with Crippen LogP contribution >= 0.6 is 23.2 Å². The third-order valence-electron chi connectivity index (χ3n) is 3.59. The number of carbonyl (C=O) groups excluding carboxylic acids is 2. The maximum absolute atomic E-state index is 12.8. The molecular formula is C17H11Cl2NO4. The second-order valence-corrected chi connectivity index (χ2v) is 5.81. The molecule has 0 unspecified atom stereocenters. The lowest BCUT2D eigenvalue weighted by molar-refractivity contribution is -0.121. The number of carbonyl (C=O) groups is 2. The minimum Gasteiger partial charge on any atom is -0.502 e. The zero-order chi connectivity index (χ0) is 17.4. The molecule has 0 spiro atoms. The lowest BCUT2D eigenvalue weighted by Gasteiger charge is -2.17. The molecular weight excluding hydrogens is 353 g/mol. The summed E-state index contributed by atoms with van der Waals surface area (Å²) >= 11 is 12.0. The summed E-state index contributed by atoms with van der Waals surface area (Å²) in [5.74, 6) is -1.87. The second-order valence-electron chi connectivity index (χ2n) is 4.97. The average Bonchev–Trinajstić information content (AvgIpc) is 2.78. The molecule has 0 saturated carbocycles. The maximum Gasteiger partial charge on any atom is 0.301 e. The van der Waals surface area contributed by atoms with Crippen LogP contribution in [-0.4, -0.2) is 24.0 Å². The average molecular weight is 364 g/mol. The van der Waals surface area contributed by atoms with Crippen molar-refractivity contribution in [2.24, 2.45) is 0 Å². The van der Waals surface area contributed by atoms with E-state index in [1.165, 1.54) is 25.3 Å². The molecule has 1 aliphatic rings. The highest BCUT2D eigenvalue weighted by Gasteiger charge is 2.42. The van der Waals surface area contributed by atoms with Gasteiger partial charge in [0.05, 0.1) is 23.4 Å². The summed E-state index contributed by atoms with van der Waals surface area (Å²) in [6.45, 7) is 0. The van der Waals surface area contributed by atoms with Crippen LogP contribution in [0.5, 0.6) is 5.75 Å². The number of rotatable bonds is 3. The number of nitrogens with zero attached hydrogens (tertiary/aromatic N) is 1. The molecule has 2 aromatic rings. The first-order valence-corrected chi connectivity index (χ1v) is 7.61. The van der Waals surface area contributed by atoms with E-state index in [2.05, 4.69) is 0 Å². The van der Waals surface area contributed by atoms with E-state index in [1.54, 1.807) is 24.3 Å². The van der Waals surface area contributed by atoms with Gasteiger partial charge in [0.25, 0.3) is 5.91 Å². The van der Waals surface area contributed by atoms with E-state index >= 15 is 0 Å². The molecule has 0 fully saturated rings. The Kier molecular flexibility index (Phi) is 4.22. The van der Waals surface area contributed by atoms with Gasteiger partial charge in [0, 0.05) is 10.6 Å². The van der Waals surface area contributed by atoms with Crippen molar-refractivity contribution in [3.05, 3.63) is 63.8 Å². The molecule has 0 aromatic heterocycles. The normalized spacial score (nSPS) is 14.5. The van der Waals surface area contributed by atoms with Gasteiger partial charge in [-0.15, -0.1) is 0 Å². The van der Waals surface area contributed by atoms with Gasteiger partial charge in [-0.1, -0.05) is 41.4 Å². The first kappa shape index (κ1) is 16.4. The molecule has 3 rings (SSSR count). The second kappa shape index (κ2) is 6.19. The number of anilines is 1. The zero-order valence-corrected chi connectivity index (χ0v) is 13.9. The molecule has 2 amide bonds. The predicted molar refractivity (Wildman–Crippen MR) is 91.5 cm³/mol. The van der Waals surface area contributed by atoms with Gasteiger partial charge in [-0.3, -0.25) is 9.59 Å². The Morgan fingerprint density at radius 2 is 1.75 bits per heavy atom. The summed E-state index contributed by atoms with van der Waals surface area (Å²) in [6, 6.07) is 11.0. The molecule has 0 atom stereocenters. The van der Waals surface area contributed by atoms with Crippen molar-refractivity contribution in [1.29, 1.82) is 0 Å². The van der Waals surface area contributed by atoms with E-state index in [9.17, 15) is 14.7 Å². The van der Waals surface area contributed by atoms with Crippen LogP contribution in [-0.2, 0) is 9.59 Å². The van der Waals surface area contributed by atoms with Crippen molar-refractivity contribution < 1.29 is 19.4 Å². The lowest BCUT2D eigenvalue weighted by Crippen LogP contribution is -2.31. The first-order valence-electron chi connectivity index (χ1n) is 6.86. The minimum absolute atomic E-state index is 0.159. The van der Waals surface area contributed by atoms with E-state index in [0.717, 1.165) is 4.90 Å². The van der Waals surface area contributed by atoms with Crippen molar-refractivity contribution in [2.45, 2.75) is 0 Å². The quantitative estimate of drug-likeness (QED) is 0.841. The minimum atomic E-state index is -0.842. The highest BCUT2D eigenvalue weighted by molar-refractivity contribution is 6.47. The monoisotopic (exact) mass is 363 g/mol. The van der Waals surface area contributed by atoms with E-state index in [1.807, 2.05) is 0 Å². The number of ether oxygens (including phenoxy) is 1. The fourth-order valence-electron chi connectivity index (χ4n) is 2.49. The number of methoxy groups -OCH3 is 1. The Labute approximate surface area is 147 Å². The van der Waals surface area contributed by atoms with Gasteiger partial charge in [0.15, 0.2) is 5.76 Å². The molecule has 0 saturated heterocycles. The molecule has 0 bridgehead atoms. The number of para-hydroxylation sites is 2. The molecule has 0 radical (unpaired) electrons. The topological polar surface area (TPSA) is 66.8 Å². The third kappa shape index (κ3) is 2.52. The van der Waals surface area contributed by atoms with Crippen LogP contribution in [0.4, 0.5) is 5.69 Å². The van der Waals surface area contributed by atoms with Crippen LogP contribution in [0.25, 0.3) is 5.57 Å². The van der Waals surface area contributed by atoms with Crippen LogP contribution < -0.4 is 9.64 Å². The van der Waals surface area contributed by atoms with Crippen LogP contribution in [0.3, 0.4) is 0 Å². The third-order valence-corrected chi connectivity index (χ3v) is 4.13. The Balaban J connectivity index is 2.11. The van der Waals surface area contributed by atoms with Crippen molar-refractivity contribution in [2.75, 3.05) is 12.0 Å². The zero-order valence-electron chi connectivity index (χ0n) is 12.4. The number of imide groups is 1. The number of halogens is 2. The van der Waals surface area contributed by atoms with E-state index in [0.29, 0.717) is 10.8 Å². The molecule has 1 aliphatic heterocycles. The molecule has 122 valence electrons. The summed E-state index contributed by atoms with van der Waals surface area (Å²) < 4.78 is 5.18. The van der Waals surface area contributed by atoms with Crippen LogP contribution in [0.2, 0.25) is 10.0 Å². The summed E-state index contributed by atoms with van der Waals surface area (Å²) in [5.41, 5.74) is 0.295. The van der Waals surface area contributed by atoms with Gasteiger partial charge in [0.1, 0.15) is 5.75 Å². The van der Waals surface area contributed by atoms with Crippen LogP contribution in [0.15, 0.2) is 48.2 Å². The number of benzene rings is 2. The molecule has 7 heteroatoms. The van der Waals surface area contributed by atoms with Crippen molar-refractivity contribution in [3.63, 3.8) is 0 Å². The fourth-order valence-corrected chi connectivity index (χ4v) is 2.99. The molecule has 1 N–H and O–H groups in total. The number of hydrogen-bond acceptors (Lipinski definition) is 4. The van der Waals surface area contributed by atoms with Gasteiger partial charge < -0.3 is 9.84 Å². The van der Waals surface area contributed by atoms with Crippen LogP contribution in [0.1, 0.15) is 5.56 Å². The largest absolute Gasteiger partial charge is 0.502 e. The highest BCUT2D eigenvalue weighted by Crippen LogP contribution is 2.38. The lowest BCUT2D eigenvalue weighted by atomic mass is 10.1. The number of aliphatic hydroxyl groups excluding tert-OH is 1. The predicted octanol–water partition coefficient (Wildman–Crippen LogP) is 3.84. The molecule has 5 nitrogen and oxygen atoms in total.